The molecule has 1 aromatic carbocycles. The third-order valence-corrected chi connectivity index (χ3v) is 5.81. The van der Waals surface area contributed by atoms with Gasteiger partial charge in [-0.05, 0) is 17.7 Å². The average Bonchev–Trinajstić information content (AvgIpc) is 3.35. The maximum atomic E-state index is 13.1. The van der Waals surface area contributed by atoms with Crippen LogP contribution in [0.2, 0.25) is 0 Å². The SMILES string of the molecule is C#CCN1C(=O)[C@@H]2[C@H](C(=O)NC)[C@H]3C=C[C@@]2(O3)[C@H]1C(=O)NCc1ccc(F)cc1. The summed E-state index contributed by atoms with van der Waals surface area (Å²) in [5.74, 6) is -0.611. The third-order valence-electron chi connectivity index (χ3n) is 5.81. The molecular formula is C21H20FN3O4. The average molecular weight is 397 g/mol. The fourth-order valence-electron chi connectivity index (χ4n) is 4.59. The lowest BCUT2D eigenvalue weighted by Gasteiger charge is -2.31. The highest BCUT2D eigenvalue weighted by molar-refractivity contribution is 5.99. The van der Waals surface area contributed by atoms with Gasteiger partial charge in [-0.3, -0.25) is 14.4 Å². The Balaban J connectivity index is 1.62. The molecule has 0 saturated carbocycles. The van der Waals surface area contributed by atoms with Crippen molar-refractivity contribution in [2.24, 2.45) is 11.8 Å². The standard InChI is InChI=1S/C21H20FN3O4/c1-3-10-25-17(19(27)24-11-12-4-6-13(22)7-5-12)21-9-8-14(29-21)15(18(26)23-2)16(21)20(25)28/h1,4-9,14-17H,10-11H2,2H3,(H,23,26)(H,24,27)/t14-,15-,16+,17-,21+/m1/s1. The molecule has 2 saturated heterocycles. The molecule has 0 aromatic heterocycles. The number of amides is 3. The van der Waals surface area contributed by atoms with E-state index >= 15 is 0 Å². The maximum Gasteiger partial charge on any atom is 0.246 e. The van der Waals surface area contributed by atoms with Gasteiger partial charge in [-0.2, -0.15) is 0 Å². The van der Waals surface area contributed by atoms with E-state index in [2.05, 4.69) is 16.6 Å². The number of ether oxygens (including phenoxy) is 1. The molecule has 5 atom stereocenters. The van der Waals surface area contributed by atoms with Crippen molar-refractivity contribution in [3.05, 3.63) is 47.8 Å². The lowest BCUT2D eigenvalue weighted by molar-refractivity contribution is -0.141. The first kappa shape index (κ1) is 19.2. The molecule has 8 heteroatoms. The third kappa shape index (κ3) is 2.81. The predicted molar refractivity (Wildman–Crippen MR) is 100 cm³/mol. The van der Waals surface area contributed by atoms with Crippen LogP contribution in [0.5, 0.6) is 0 Å². The Morgan fingerprint density at radius 3 is 2.69 bits per heavy atom. The van der Waals surface area contributed by atoms with Gasteiger partial charge in [0.2, 0.25) is 17.7 Å². The van der Waals surface area contributed by atoms with E-state index in [1.165, 1.54) is 24.1 Å². The van der Waals surface area contributed by atoms with Crippen molar-refractivity contribution in [2.75, 3.05) is 13.6 Å². The van der Waals surface area contributed by atoms with Crippen molar-refractivity contribution in [3.63, 3.8) is 0 Å². The van der Waals surface area contributed by atoms with Crippen LogP contribution >= 0.6 is 0 Å². The lowest BCUT2D eigenvalue weighted by Crippen LogP contribution is -2.54. The number of nitrogens with zero attached hydrogens (tertiary/aromatic N) is 1. The second-order valence-electron chi connectivity index (χ2n) is 7.33. The minimum absolute atomic E-state index is 0.0753. The molecule has 2 bridgehead atoms. The molecule has 2 N–H and O–H groups in total. The van der Waals surface area contributed by atoms with E-state index in [9.17, 15) is 18.8 Å². The number of carbonyl (C=O) groups is 3. The lowest BCUT2D eigenvalue weighted by atomic mass is 9.74. The summed E-state index contributed by atoms with van der Waals surface area (Å²) >= 11 is 0. The van der Waals surface area contributed by atoms with Gasteiger partial charge in [0, 0.05) is 13.6 Å². The van der Waals surface area contributed by atoms with E-state index in [1.54, 1.807) is 24.3 Å². The van der Waals surface area contributed by atoms with Crippen LogP contribution in [0, 0.1) is 30.0 Å². The van der Waals surface area contributed by atoms with Crippen LogP contribution in [0.1, 0.15) is 5.56 Å². The van der Waals surface area contributed by atoms with Crippen LogP contribution in [0.25, 0.3) is 0 Å². The van der Waals surface area contributed by atoms with Gasteiger partial charge in [0.25, 0.3) is 0 Å². The Morgan fingerprint density at radius 1 is 1.31 bits per heavy atom. The number of hydrogen-bond acceptors (Lipinski definition) is 4. The van der Waals surface area contributed by atoms with Crippen LogP contribution in [0.15, 0.2) is 36.4 Å². The number of terminal acetylenes is 1. The van der Waals surface area contributed by atoms with Crippen molar-refractivity contribution in [1.29, 1.82) is 0 Å². The molecule has 0 radical (unpaired) electrons. The van der Waals surface area contributed by atoms with Crippen molar-refractivity contribution >= 4 is 17.7 Å². The number of hydrogen-bond donors (Lipinski definition) is 2. The minimum Gasteiger partial charge on any atom is -0.359 e. The molecule has 7 nitrogen and oxygen atoms in total. The first-order valence-corrected chi connectivity index (χ1v) is 9.28. The van der Waals surface area contributed by atoms with Crippen molar-refractivity contribution < 1.29 is 23.5 Å². The van der Waals surface area contributed by atoms with Gasteiger partial charge in [-0.15, -0.1) is 6.42 Å². The van der Waals surface area contributed by atoms with E-state index in [-0.39, 0.29) is 30.7 Å². The van der Waals surface area contributed by atoms with Crippen LogP contribution in [0.3, 0.4) is 0 Å². The zero-order valence-electron chi connectivity index (χ0n) is 15.7. The summed E-state index contributed by atoms with van der Waals surface area (Å²) in [6.07, 6.45) is 8.30. The van der Waals surface area contributed by atoms with Crippen molar-refractivity contribution in [2.45, 2.75) is 24.3 Å². The summed E-state index contributed by atoms with van der Waals surface area (Å²) in [5, 5.41) is 5.35. The molecule has 3 amide bonds. The highest BCUT2D eigenvalue weighted by atomic mass is 19.1. The van der Waals surface area contributed by atoms with Crippen LogP contribution in [0.4, 0.5) is 4.39 Å². The molecule has 3 aliphatic rings. The summed E-state index contributed by atoms with van der Waals surface area (Å²) in [7, 11) is 1.50. The van der Waals surface area contributed by atoms with E-state index in [4.69, 9.17) is 11.2 Å². The summed E-state index contributed by atoms with van der Waals surface area (Å²) in [6, 6.07) is 4.74. The zero-order chi connectivity index (χ0) is 20.8. The molecule has 0 unspecified atom stereocenters. The fourth-order valence-corrected chi connectivity index (χ4v) is 4.59. The number of rotatable bonds is 5. The quantitative estimate of drug-likeness (QED) is 0.540. The van der Waals surface area contributed by atoms with Gasteiger partial charge in [0.15, 0.2) is 0 Å². The normalized spacial score (nSPS) is 31.5. The first-order chi connectivity index (χ1) is 13.9. The number of likely N-dealkylation sites (tertiary alicyclic amines) is 1. The van der Waals surface area contributed by atoms with Crippen molar-refractivity contribution in [1.82, 2.24) is 15.5 Å². The van der Waals surface area contributed by atoms with Gasteiger partial charge < -0.3 is 20.3 Å². The second kappa shape index (κ2) is 7.01. The molecule has 150 valence electrons. The topological polar surface area (TPSA) is 87.7 Å². The van der Waals surface area contributed by atoms with Gasteiger partial charge in [0.1, 0.15) is 17.5 Å². The molecule has 4 rings (SSSR count). The second-order valence-corrected chi connectivity index (χ2v) is 7.33. The van der Waals surface area contributed by atoms with E-state index in [0.29, 0.717) is 5.56 Å². The summed E-state index contributed by atoms with van der Waals surface area (Å²) in [5.41, 5.74) is -0.528. The largest absolute Gasteiger partial charge is 0.359 e. The Labute approximate surface area is 167 Å². The predicted octanol–water partition coefficient (Wildman–Crippen LogP) is -0.0283. The number of nitrogens with one attached hydrogen (secondary N) is 2. The Hall–Kier alpha value is -3.18. The van der Waals surface area contributed by atoms with Gasteiger partial charge in [0.05, 0.1) is 24.5 Å². The minimum atomic E-state index is -1.23. The summed E-state index contributed by atoms with van der Waals surface area (Å²) < 4.78 is 19.1. The van der Waals surface area contributed by atoms with E-state index < -0.39 is 35.5 Å². The highest BCUT2D eigenvalue weighted by Gasteiger charge is 2.72. The number of carbonyl (C=O) groups excluding carboxylic acids is 3. The molecule has 1 spiro atoms. The Kier molecular flexibility index (Phi) is 4.63. The number of benzene rings is 1. The molecular weight excluding hydrogens is 377 g/mol. The fraction of sp³-hybridized carbons (Fsp3) is 0.381. The van der Waals surface area contributed by atoms with Crippen LogP contribution in [-0.4, -0.2) is 54.0 Å². The van der Waals surface area contributed by atoms with Crippen LogP contribution < -0.4 is 10.6 Å². The number of fused-ring (bicyclic) bond motifs is 1. The van der Waals surface area contributed by atoms with Gasteiger partial charge in [-0.1, -0.05) is 30.2 Å². The Bertz CT molecular complexity index is 938. The molecule has 1 aromatic rings. The molecule has 2 fully saturated rings. The smallest absolute Gasteiger partial charge is 0.246 e. The molecule has 3 aliphatic heterocycles. The maximum absolute atomic E-state index is 13.1. The molecule has 29 heavy (non-hydrogen) atoms. The Morgan fingerprint density at radius 2 is 2.03 bits per heavy atom. The zero-order valence-corrected chi connectivity index (χ0v) is 15.7. The van der Waals surface area contributed by atoms with E-state index in [1.807, 2.05) is 0 Å². The molecule has 3 heterocycles. The highest BCUT2D eigenvalue weighted by Crippen LogP contribution is 2.54. The van der Waals surface area contributed by atoms with E-state index in [0.717, 1.165) is 0 Å². The molecule has 0 aliphatic carbocycles. The summed E-state index contributed by atoms with van der Waals surface area (Å²) in [4.78, 5) is 40.0. The summed E-state index contributed by atoms with van der Waals surface area (Å²) in [6.45, 7) is 0.0779. The number of halogens is 1. The van der Waals surface area contributed by atoms with Gasteiger partial charge in [-0.25, -0.2) is 4.39 Å². The first-order valence-electron chi connectivity index (χ1n) is 9.28. The van der Waals surface area contributed by atoms with Gasteiger partial charge >= 0.3 is 0 Å². The van der Waals surface area contributed by atoms with Crippen molar-refractivity contribution in [3.8, 4) is 12.3 Å². The monoisotopic (exact) mass is 397 g/mol. The van der Waals surface area contributed by atoms with Crippen LogP contribution in [-0.2, 0) is 25.7 Å².